The molecule has 0 radical (unpaired) electrons. The van der Waals surface area contributed by atoms with Crippen LogP contribution in [-0.4, -0.2) is 80.9 Å². The van der Waals surface area contributed by atoms with Gasteiger partial charge in [-0.2, -0.15) is 0 Å². The van der Waals surface area contributed by atoms with E-state index in [9.17, 15) is 9.90 Å². The zero-order valence-corrected chi connectivity index (χ0v) is 31.3. The van der Waals surface area contributed by atoms with E-state index in [4.69, 9.17) is 4.74 Å². The number of aliphatic hydroxyl groups is 1. The van der Waals surface area contributed by atoms with Gasteiger partial charge in [-0.1, -0.05) is 78.7 Å². The maximum Gasteiger partial charge on any atom is 0.251 e. The predicted octanol–water partition coefficient (Wildman–Crippen LogP) is 6.85. The highest BCUT2D eigenvalue weighted by Crippen LogP contribution is 2.68. The smallest absolute Gasteiger partial charge is 0.251 e. The van der Waals surface area contributed by atoms with Gasteiger partial charge < -0.3 is 24.5 Å². The van der Waals surface area contributed by atoms with Gasteiger partial charge in [-0.3, -0.25) is 14.4 Å². The van der Waals surface area contributed by atoms with E-state index in [0.717, 1.165) is 10.8 Å². The minimum Gasteiger partial charge on any atom is -0.494 e. The van der Waals surface area contributed by atoms with Crippen LogP contribution in [0.4, 0.5) is 11.4 Å². The van der Waals surface area contributed by atoms with E-state index in [1.807, 2.05) is 87.5 Å². The predicted molar refractivity (Wildman–Crippen MR) is 206 cm³/mol. The van der Waals surface area contributed by atoms with E-state index in [1.54, 1.807) is 38.6 Å². The van der Waals surface area contributed by atoms with Crippen LogP contribution in [-0.2, 0) is 14.4 Å². The van der Waals surface area contributed by atoms with Crippen LogP contribution in [0.2, 0.25) is 0 Å². The van der Waals surface area contributed by atoms with Crippen molar-refractivity contribution in [3.8, 4) is 5.75 Å². The third-order valence-electron chi connectivity index (χ3n) is 10.8. The Balaban J connectivity index is 1.45. The second kappa shape index (κ2) is 14.9. The molecule has 0 aliphatic carbocycles. The summed E-state index contributed by atoms with van der Waals surface area (Å²) in [5.74, 6) is -1.46. The van der Waals surface area contributed by atoms with Crippen molar-refractivity contribution in [1.82, 2.24) is 4.90 Å². The Labute approximate surface area is 307 Å². The molecule has 3 aromatic rings. The first-order chi connectivity index (χ1) is 24.1. The number of hydrogen-bond donors (Lipinski definition) is 1. The summed E-state index contributed by atoms with van der Waals surface area (Å²) in [5.41, 5.74) is 1.39. The van der Waals surface area contributed by atoms with E-state index in [2.05, 4.69) is 29.1 Å². The third kappa shape index (κ3) is 6.07. The van der Waals surface area contributed by atoms with Crippen LogP contribution in [0.15, 0.2) is 92.0 Å². The van der Waals surface area contributed by atoms with Crippen molar-refractivity contribution in [2.75, 3.05) is 36.1 Å². The largest absolute Gasteiger partial charge is 0.494 e. The number of carbonyl (C=O) groups is 3. The van der Waals surface area contributed by atoms with Gasteiger partial charge in [-0.25, -0.2) is 0 Å². The second-order valence-corrected chi connectivity index (χ2v) is 16.2. The van der Waals surface area contributed by atoms with Crippen molar-refractivity contribution in [1.29, 1.82) is 0 Å². The molecule has 10 heteroatoms. The number of hydrogen-bond acceptors (Lipinski definition) is 6. The van der Waals surface area contributed by atoms with Gasteiger partial charge >= 0.3 is 0 Å². The molecule has 0 aromatic heterocycles. The lowest BCUT2D eigenvalue weighted by molar-refractivity contribution is -0.143. The molecule has 50 heavy (non-hydrogen) atoms. The van der Waals surface area contributed by atoms with Crippen molar-refractivity contribution in [3.05, 3.63) is 92.0 Å². The Hall–Kier alpha value is -3.60. The molecule has 6 rings (SSSR count). The average Bonchev–Trinajstić information content (AvgIpc) is 3.72. The summed E-state index contributed by atoms with van der Waals surface area (Å²) in [4.78, 5) is 50.1. The van der Waals surface area contributed by atoms with Crippen LogP contribution in [0.3, 0.4) is 0 Å². The average molecular weight is 761 g/mol. The van der Waals surface area contributed by atoms with Gasteiger partial charge in [0, 0.05) is 34.5 Å². The van der Waals surface area contributed by atoms with Crippen LogP contribution in [0.1, 0.15) is 33.6 Å². The summed E-state index contributed by atoms with van der Waals surface area (Å²) in [6, 6.07) is 19.8. The monoisotopic (exact) mass is 759 g/mol. The lowest BCUT2D eigenvalue weighted by Gasteiger charge is -2.41. The molecule has 3 saturated heterocycles. The van der Waals surface area contributed by atoms with Gasteiger partial charge in [0.1, 0.15) is 11.8 Å². The second-order valence-electron chi connectivity index (χ2n) is 13.5. The van der Waals surface area contributed by atoms with Crippen molar-refractivity contribution in [2.45, 2.75) is 60.5 Å². The van der Waals surface area contributed by atoms with E-state index in [0.29, 0.717) is 36.6 Å². The number of nitrogens with zero attached hydrogens (tertiary/aromatic N) is 3. The van der Waals surface area contributed by atoms with Crippen LogP contribution in [0.5, 0.6) is 5.75 Å². The molecule has 3 aliphatic rings. The maximum atomic E-state index is 15.3. The van der Waals surface area contributed by atoms with E-state index < -0.39 is 28.7 Å². The molecule has 3 fully saturated rings. The summed E-state index contributed by atoms with van der Waals surface area (Å²) in [6.07, 6.45) is 4.63. The van der Waals surface area contributed by atoms with Gasteiger partial charge in [0.25, 0.3) is 5.91 Å². The highest BCUT2D eigenvalue weighted by molar-refractivity contribution is 9.09. The minimum absolute atomic E-state index is 0.0831. The van der Waals surface area contributed by atoms with Gasteiger partial charge in [0.15, 0.2) is 0 Å². The Morgan fingerprint density at radius 1 is 1.02 bits per heavy atom. The summed E-state index contributed by atoms with van der Waals surface area (Å²) < 4.78 is 4.75. The molecule has 8 atom stereocenters. The normalized spacial score (nSPS) is 26.4. The van der Waals surface area contributed by atoms with Crippen molar-refractivity contribution >= 4 is 67.6 Å². The number of benzene rings is 3. The number of thioether (sulfide) groups is 1. The van der Waals surface area contributed by atoms with Crippen LogP contribution in [0, 0.1) is 17.8 Å². The molecule has 0 saturated carbocycles. The Morgan fingerprint density at radius 3 is 2.28 bits per heavy atom. The topological polar surface area (TPSA) is 90.4 Å². The highest BCUT2D eigenvalue weighted by Gasteiger charge is 2.76. The quantitative estimate of drug-likeness (QED) is 0.143. The number of rotatable bonds is 14. The zero-order chi connectivity index (χ0) is 35.7. The first kappa shape index (κ1) is 36.2. The number of halogens is 1. The number of fused-ring (bicyclic) bond motifs is 2. The first-order valence-corrected chi connectivity index (χ1v) is 19.3. The highest BCUT2D eigenvalue weighted by atomic mass is 79.9. The molecule has 3 unspecified atom stereocenters. The standard InChI is InChI=1S/C40H46BrN3O5S/c1-6-20-42(28-16-18-30(19-17-28)49-9-4)37(46)33-34-38(47)44(32(24-45)25(5)8-3)36(40(34)23-31(41)35(33)50-40)39(48)43(21-7-2)29-15-14-26-12-10-11-13-27(26)22-29/h6-7,10-19,22,25,31-36,45H,1-2,8-9,20-21,23-24H2,3-5H3/t25-,31?,32-,33+,34-,35+,36?,40?/m0/s1. The zero-order valence-electron chi connectivity index (χ0n) is 28.9. The minimum atomic E-state index is -0.899. The third-order valence-corrected chi connectivity index (χ3v) is 14.0. The Kier molecular flexibility index (Phi) is 10.8. The molecule has 3 amide bonds. The number of ether oxygens (including phenoxy) is 1. The van der Waals surface area contributed by atoms with Crippen LogP contribution >= 0.6 is 27.7 Å². The van der Waals surface area contributed by atoms with Gasteiger partial charge in [0.05, 0.1) is 35.8 Å². The summed E-state index contributed by atoms with van der Waals surface area (Å²) in [5, 5.41) is 12.7. The summed E-state index contributed by atoms with van der Waals surface area (Å²) in [7, 11) is 0. The van der Waals surface area contributed by atoms with Gasteiger partial charge in [-0.15, -0.1) is 24.9 Å². The summed E-state index contributed by atoms with van der Waals surface area (Å²) in [6.45, 7) is 14.6. The lowest BCUT2D eigenvalue weighted by atomic mass is 9.70. The fourth-order valence-corrected chi connectivity index (χ4v) is 11.9. The number of amides is 3. The molecular weight excluding hydrogens is 714 g/mol. The number of likely N-dealkylation sites (tertiary alicyclic amines) is 1. The number of carbonyl (C=O) groups excluding carboxylic acids is 3. The number of alkyl halides is 1. The molecule has 3 heterocycles. The first-order valence-electron chi connectivity index (χ1n) is 17.5. The molecule has 1 spiro atoms. The fourth-order valence-electron chi connectivity index (χ4n) is 8.27. The molecular formula is C40H46BrN3O5S. The van der Waals surface area contributed by atoms with Crippen LogP contribution < -0.4 is 14.5 Å². The lowest BCUT2D eigenvalue weighted by Crippen LogP contribution is -2.59. The van der Waals surface area contributed by atoms with Crippen molar-refractivity contribution < 1.29 is 24.2 Å². The fraction of sp³-hybridized carbons (Fsp3) is 0.425. The van der Waals surface area contributed by atoms with Gasteiger partial charge in [-0.05, 0) is 66.4 Å². The summed E-state index contributed by atoms with van der Waals surface area (Å²) >= 11 is 5.51. The number of anilines is 2. The van der Waals surface area contributed by atoms with Crippen LogP contribution in [0.25, 0.3) is 10.8 Å². The SMILES string of the molecule is C=CCN(C(=O)C1N([C@@H](CO)[C@@H](C)CC)C(=O)[C@@H]2[C@@H](C(=O)N(CC=C)c3ccc(OCC)cc3)[C@@H]3SC12CC3Br)c1ccc2ccccc2c1. The Morgan fingerprint density at radius 2 is 1.66 bits per heavy atom. The van der Waals surface area contributed by atoms with Gasteiger partial charge in [0.2, 0.25) is 11.8 Å². The molecule has 3 aliphatic heterocycles. The molecule has 8 nitrogen and oxygen atoms in total. The molecule has 3 aromatic carbocycles. The van der Waals surface area contributed by atoms with Crippen molar-refractivity contribution in [2.24, 2.45) is 17.8 Å². The van der Waals surface area contributed by atoms with E-state index in [-0.39, 0.29) is 53.4 Å². The Bertz CT molecular complexity index is 1770. The number of aliphatic hydroxyl groups excluding tert-OH is 1. The molecule has 264 valence electrons. The maximum absolute atomic E-state index is 15.3. The molecule has 2 bridgehead atoms. The van der Waals surface area contributed by atoms with E-state index >= 15 is 9.59 Å². The molecule has 1 N–H and O–H groups in total. The van der Waals surface area contributed by atoms with E-state index in [1.165, 1.54) is 0 Å². The van der Waals surface area contributed by atoms with Crippen molar-refractivity contribution in [3.63, 3.8) is 0 Å².